The number of aromatic nitrogens is 1. The number of pyridine rings is 1. The molecular formula is C16H16N2O. The normalized spacial score (nSPS) is 10.4. The summed E-state index contributed by atoms with van der Waals surface area (Å²) in [6.45, 7) is 4.36. The van der Waals surface area contributed by atoms with Crippen molar-refractivity contribution in [2.45, 2.75) is 20.3 Å². The van der Waals surface area contributed by atoms with Crippen molar-refractivity contribution in [1.29, 1.82) is 5.26 Å². The monoisotopic (exact) mass is 252 g/mol. The minimum Gasteiger partial charge on any atom is -0.328 e. The molecule has 19 heavy (non-hydrogen) atoms. The van der Waals surface area contributed by atoms with Crippen molar-refractivity contribution < 1.29 is 0 Å². The van der Waals surface area contributed by atoms with Gasteiger partial charge in [-0.1, -0.05) is 38.1 Å². The fraction of sp³-hybridized carbons (Fsp3) is 0.250. The van der Waals surface area contributed by atoms with E-state index in [9.17, 15) is 4.79 Å². The van der Waals surface area contributed by atoms with Crippen LogP contribution in [0.15, 0.2) is 41.3 Å². The van der Waals surface area contributed by atoms with E-state index in [1.165, 1.54) is 5.56 Å². The van der Waals surface area contributed by atoms with Gasteiger partial charge in [0, 0.05) is 11.8 Å². The van der Waals surface area contributed by atoms with E-state index in [2.05, 4.69) is 31.0 Å². The smallest absolute Gasteiger partial charge is 0.266 e. The lowest BCUT2D eigenvalue weighted by atomic mass is 9.98. The molecule has 0 saturated heterocycles. The predicted molar refractivity (Wildman–Crippen MR) is 75.8 cm³/mol. The molecule has 0 aliphatic carbocycles. The zero-order valence-corrected chi connectivity index (χ0v) is 11.1. The topological polar surface area (TPSA) is 56.6 Å². The minimum absolute atomic E-state index is 0.166. The number of nitrogens with zero attached hydrogens (tertiary/aromatic N) is 1. The van der Waals surface area contributed by atoms with E-state index in [4.69, 9.17) is 5.26 Å². The molecule has 0 unspecified atom stereocenters. The number of aromatic amines is 1. The molecular weight excluding hydrogens is 236 g/mol. The Morgan fingerprint density at radius 3 is 2.47 bits per heavy atom. The zero-order valence-electron chi connectivity index (χ0n) is 11.1. The van der Waals surface area contributed by atoms with Gasteiger partial charge in [-0.3, -0.25) is 4.79 Å². The Bertz CT molecular complexity index is 660. The fourth-order valence-electron chi connectivity index (χ4n) is 2.12. The maximum Gasteiger partial charge on any atom is 0.266 e. The van der Waals surface area contributed by atoms with Gasteiger partial charge in [-0.2, -0.15) is 5.26 Å². The molecule has 0 aliphatic heterocycles. The Morgan fingerprint density at radius 1 is 1.21 bits per heavy atom. The van der Waals surface area contributed by atoms with Gasteiger partial charge in [0.15, 0.2) is 0 Å². The van der Waals surface area contributed by atoms with E-state index in [1.807, 2.05) is 18.2 Å². The lowest BCUT2D eigenvalue weighted by Gasteiger charge is -2.07. The van der Waals surface area contributed by atoms with Crippen LogP contribution in [-0.2, 0) is 6.42 Å². The van der Waals surface area contributed by atoms with E-state index in [1.54, 1.807) is 12.3 Å². The fourth-order valence-corrected chi connectivity index (χ4v) is 2.12. The van der Waals surface area contributed by atoms with Crippen molar-refractivity contribution in [2.75, 3.05) is 0 Å². The highest BCUT2D eigenvalue weighted by Gasteiger charge is 2.08. The number of nitrogens with one attached hydrogen (secondary N) is 1. The second-order valence-electron chi connectivity index (χ2n) is 5.00. The van der Waals surface area contributed by atoms with Crippen LogP contribution in [0, 0.1) is 17.2 Å². The van der Waals surface area contributed by atoms with Crippen molar-refractivity contribution in [3.8, 4) is 17.2 Å². The minimum atomic E-state index is -0.341. The van der Waals surface area contributed by atoms with Crippen LogP contribution in [-0.4, -0.2) is 4.98 Å². The van der Waals surface area contributed by atoms with Gasteiger partial charge in [-0.15, -0.1) is 0 Å². The average molecular weight is 252 g/mol. The third-order valence-electron chi connectivity index (χ3n) is 2.98. The Kier molecular flexibility index (Phi) is 3.82. The summed E-state index contributed by atoms with van der Waals surface area (Å²) >= 11 is 0. The molecule has 3 nitrogen and oxygen atoms in total. The van der Waals surface area contributed by atoms with Gasteiger partial charge >= 0.3 is 0 Å². The second kappa shape index (κ2) is 5.53. The van der Waals surface area contributed by atoms with Crippen LogP contribution in [0.25, 0.3) is 11.1 Å². The van der Waals surface area contributed by atoms with Crippen LogP contribution < -0.4 is 5.56 Å². The SMILES string of the molecule is CC(C)Cc1ccc(-c2cc[nH]c(=O)c2C#N)cc1. The first kappa shape index (κ1) is 13.1. The number of nitriles is 1. The molecule has 1 heterocycles. The third-order valence-corrected chi connectivity index (χ3v) is 2.98. The molecule has 1 N–H and O–H groups in total. The summed E-state index contributed by atoms with van der Waals surface area (Å²) in [6.07, 6.45) is 2.60. The first-order valence-corrected chi connectivity index (χ1v) is 6.33. The highest BCUT2D eigenvalue weighted by molar-refractivity contribution is 5.69. The number of benzene rings is 1. The van der Waals surface area contributed by atoms with Gasteiger partial charge in [-0.25, -0.2) is 0 Å². The Hall–Kier alpha value is -2.34. The Balaban J connectivity index is 2.41. The van der Waals surface area contributed by atoms with E-state index in [-0.39, 0.29) is 11.1 Å². The van der Waals surface area contributed by atoms with Crippen molar-refractivity contribution >= 4 is 0 Å². The van der Waals surface area contributed by atoms with E-state index < -0.39 is 0 Å². The maximum atomic E-state index is 11.6. The average Bonchev–Trinajstić information content (AvgIpc) is 2.38. The predicted octanol–water partition coefficient (Wildman–Crippen LogP) is 3.11. The highest BCUT2D eigenvalue weighted by atomic mass is 16.1. The maximum absolute atomic E-state index is 11.6. The van der Waals surface area contributed by atoms with Crippen LogP contribution in [0.2, 0.25) is 0 Å². The summed E-state index contributed by atoms with van der Waals surface area (Å²) in [5.74, 6) is 0.611. The molecule has 1 aromatic heterocycles. The quantitative estimate of drug-likeness (QED) is 0.912. The lowest BCUT2D eigenvalue weighted by Crippen LogP contribution is -2.10. The van der Waals surface area contributed by atoms with Gasteiger partial charge in [0.25, 0.3) is 5.56 Å². The summed E-state index contributed by atoms with van der Waals surface area (Å²) in [5, 5.41) is 9.06. The third kappa shape index (κ3) is 2.92. The molecule has 3 heteroatoms. The first-order valence-electron chi connectivity index (χ1n) is 6.33. The molecule has 2 aromatic rings. The van der Waals surface area contributed by atoms with Crippen LogP contribution >= 0.6 is 0 Å². The summed E-state index contributed by atoms with van der Waals surface area (Å²) in [4.78, 5) is 14.1. The molecule has 0 atom stereocenters. The summed E-state index contributed by atoms with van der Waals surface area (Å²) in [6, 6.07) is 11.8. The van der Waals surface area contributed by atoms with Crippen LogP contribution in [0.3, 0.4) is 0 Å². The Labute approximate surface area is 112 Å². The molecule has 0 radical (unpaired) electrons. The van der Waals surface area contributed by atoms with Gasteiger partial charge in [0.05, 0.1) is 0 Å². The van der Waals surface area contributed by atoms with Crippen LogP contribution in [0.5, 0.6) is 0 Å². The van der Waals surface area contributed by atoms with E-state index >= 15 is 0 Å². The van der Waals surface area contributed by atoms with E-state index in [0.717, 1.165) is 12.0 Å². The number of hydrogen-bond donors (Lipinski definition) is 1. The van der Waals surface area contributed by atoms with Crippen molar-refractivity contribution in [3.05, 3.63) is 58.0 Å². The molecule has 96 valence electrons. The molecule has 0 saturated carbocycles. The summed E-state index contributed by atoms with van der Waals surface area (Å²) in [5.41, 5.74) is 2.67. The largest absolute Gasteiger partial charge is 0.328 e. The summed E-state index contributed by atoms with van der Waals surface area (Å²) < 4.78 is 0. The van der Waals surface area contributed by atoms with Crippen LogP contribution in [0.1, 0.15) is 25.0 Å². The summed E-state index contributed by atoms with van der Waals surface area (Å²) in [7, 11) is 0. The standard InChI is InChI=1S/C16H16N2O/c1-11(2)9-12-3-5-13(6-4-12)14-7-8-18-16(19)15(14)10-17/h3-8,11H,9H2,1-2H3,(H,18,19). The zero-order chi connectivity index (χ0) is 13.8. The number of hydrogen-bond acceptors (Lipinski definition) is 2. The van der Waals surface area contributed by atoms with Crippen molar-refractivity contribution in [1.82, 2.24) is 4.98 Å². The lowest BCUT2D eigenvalue weighted by molar-refractivity contribution is 0.647. The van der Waals surface area contributed by atoms with Gasteiger partial charge < -0.3 is 4.98 Å². The molecule has 0 amide bonds. The molecule has 1 aromatic carbocycles. The molecule has 0 spiro atoms. The van der Waals surface area contributed by atoms with Crippen molar-refractivity contribution in [2.24, 2.45) is 5.92 Å². The number of H-pyrrole nitrogens is 1. The second-order valence-corrected chi connectivity index (χ2v) is 5.00. The van der Waals surface area contributed by atoms with Crippen LogP contribution in [0.4, 0.5) is 0 Å². The molecule has 2 rings (SSSR count). The highest BCUT2D eigenvalue weighted by Crippen LogP contribution is 2.21. The van der Waals surface area contributed by atoms with Crippen molar-refractivity contribution in [3.63, 3.8) is 0 Å². The Morgan fingerprint density at radius 2 is 1.89 bits per heavy atom. The van der Waals surface area contributed by atoms with Gasteiger partial charge in [-0.05, 0) is 29.5 Å². The van der Waals surface area contributed by atoms with E-state index in [0.29, 0.717) is 11.5 Å². The van der Waals surface area contributed by atoms with Gasteiger partial charge in [0.1, 0.15) is 11.6 Å². The van der Waals surface area contributed by atoms with Gasteiger partial charge in [0.2, 0.25) is 0 Å². The molecule has 0 fully saturated rings. The first-order chi connectivity index (χ1) is 9.11. The molecule has 0 aliphatic rings. The molecule has 0 bridgehead atoms. The number of rotatable bonds is 3.